The van der Waals surface area contributed by atoms with Crippen molar-refractivity contribution < 1.29 is 4.79 Å². The van der Waals surface area contributed by atoms with Gasteiger partial charge in [-0.25, -0.2) is 0 Å². The fraction of sp³-hybridized carbons (Fsp3) is 0.364. The molecule has 5 heteroatoms. The Kier molecular flexibility index (Phi) is 3.69. The van der Waals surface area contributed by atoms with Gasteiger partial charge in [0, 0.05) is 12.6 Å². The van der Waals surface area contributed by atoms with Crippen molar-refractivity contribution in [1.29, 1.82) is 0 Å². The van der Waals surface area contributed by atoms with E-state index in [0.29, 0.717) is 15.6 Å². The maximum atomic E-state index is 11.9. The van der Waals surface area contributed by atoms with Gasteiger partial charge >= 0.3 is 0 Å². The number of hydrogen-bond acceptors (Lipinski definition) is 2. The largest absolute Gasteiger partial charge is 0.348 e. The Hall–Kier alpha value is -0.770. The molecule has 2 N–H and O–H groups in total. The molecule has 1 aliphatic heterocycles. The summed E-state index contributed by atoms with van der Waals surface area (Å²) in [5.74, 6) is -0.204. The molecule has 0 spiro atoms. The predicted molar refractivity (Wildman–Crippen MR) is 65.2 cm³/mol. The molecule has 0 aliphatic carbocycles. The number of halogens is 2. The van der Waals surface area contributed by atoms with E-state index in [1.54, 1.807) is 18.2 Å². The van der Waals surface area contributed by atoms with Crippen molar-refractivity contribution in [3.8, 4) is 0 Å². The second-order valence-corrected chi connectivity index (χ2v) is 4.57. The molecule has 1 amide bonds. The highest BCUT2D eigenvalue weighted by atomic mass is 35.5. The normalized spacial score (nSPS) is 19.8. The van der Waals surface area contributed by atoms with Crippen molar-refractivity contribution in [1.82, 2.24) is 10.6 Å². The zero-order chi connectivity index (χ0) is 11.5. The maximum absolute atomic E-state index is 11.9. The van der Waals surface area contributed by atoms with Crippen LogP contribution in [0.3, 0.4) is 0 Å². The highest BCUT2D eigenvalue weighted by Gasteiger charge is 2.20. The summed E-state index contributed by atoms with van der Waals surface area (Å²) in [5.41, 5.74) is 0.359. The summed E-state index contributed by atoms with van der Waals surface area (Å²) < 4.78 is 0. The van der Waals surface area contributed by atoms with Gasteiger partial charge in [-0.3, -0.25) is 4.79 Å². The van der Waals surface area contributed by atoms with E-state index in [1.165, 1.54) is 0 Å². The fourth-order valence-corrected chi connectivity index (χ4v) is 2.32. The molecule has 0 radical (unpaired) electrons. The summed E-state index contributed by atoms with van der Waals surface area (Å²) in [6, 6.07) is 5.21. The van der Waals surface area contributed by atoms with E-state index < -0.39 is 0 Å². The Morgan fingerprint density at radius 2 is 2.06 bits per heavy atom. The average Bonchev–Trinajstić information content (AvgIpc) is 2.70. The first kappa shape index (κ1) is 11.7. The molecule has 0 bridgehead atoms. The Morgan fingerprint density at radius 3 is 2.62 bits per heavy atom. The summed E-state index contributed by atoms with van der Waals surface area (Å²) in [4.78, 5) is 11.9. The highest BCUT2D eigenvalue weighted by molar-refractivity contribution is 6.39. The van der Waals surface area contributed by atoms with E-state index in [-0.39, 0.29) is 11.9 Å². The number of nitrogens with one attached hydrogen (secondary N) is 2. The van der Waals surface area contributed by atoms with E-state index >= 15 is 0 Å². The molecule has 0 unspecified atom stereocenters. The van der Waals surface area contributed by atoms with E-state index in [2.05, 4.69) is 10.6 Å². The molecule has 0 aromatic heterocycles. The van der Waals surface area contributed by atoms with Crippen molar-refractivity contribution >= 4 is 29.1 Å². The standard InChI is InChI=1S/C11H12Cl2N2O/c12-8-2-1-3-9(13)10(8)11(16)15-7-4-5-14-6-7/h1-3,7,14H,4-6H2,(H,15,16)/t7-/m0/s1. The van der Waals surface area contributed by atoms with Crippen molar-refractivity contribution in [3.63, 3.8) is 0 Å². The van der Waals surface area contributed by atoms with Gasteiger partial charge in [-0.15, -0.1) is 0 Å². The highest BCUT2D eigenvalue weighted by Crippen LogP contribution is 2.24. The van der Waals surface area contributed by atoms with Crippen LogP contribution in [0.15, 0.2) is 18.2 Å². The molecular formula is C11H12Cl2N2O. The molecule has 1 heterocycles. The second kappa shape index (κ2) is 5.04. The van der Waals surface area contributed by atoms with Crippen LogP contribution in [0, 0.1) is 0 Å². The monoisotopic (exact) mass is 258 g/mol. The Morgan fingerprint density at radius 1 is 1.38 bits per heavy atom. The van der Waals surface area contributed by atoms with Gasteiger partial charge in [0.2, 0.25) is 0 Å². The van der Waals surface area contributed by atoms with Crippen molar-refractivity contribution in [3.05, 3.63) is 33.8 Å². The molecule has 1 aromatic carbocycles. The Labute approximate surface area is 104 Å². The van der Waals surface area contributed by atoms with Crippen LogP contribution in [0.5, 0.6) is 0 Å². The zero-order valence-corrected chi connectivity index (χ0v) is 10.1. The van der Waals surface area contributed by atoms with Gasteiger partial charge in [0.25, 0.3) is 5.91 Å². The molecule has 2 rings (SSSR count). The van der Waals surface area contributed by atoms with E-state index in [4.69, 9.17) is 23.2 Å². The SMILES string of the molecule is O=C(N[C@H]1CCNC1)c1c(Cl)cccc1Cl. The van der Waals surface area contributed by atoms with Gasteiger partial charge in [0.15, 0.2) is 0 Å². The minimum absolute atomic E-state index is 0.167. The Bertz CT molecular complexity index is 383. The smallest absolute Gasteiger partial charge is 0.254 e. The molecule has 1 atom stereocenters. The number of hydrogen-bond donors (Lipinski definition) is 2. The van der Waals surface area contributed by atoms with E-state index in [0.717, 1.165) is 19.5 Å². The summed E-state index contributed by atoms with van der Waals surface area (Å²) in [7, 11) is 0. The van der Waals surface area contributed by atoms with Gasteiger partial charge in [-0.05, 0) is 25.1 Å². The molecule has 0 saturated carbocycles. The van der Waals surface area contributed by atoms with Crippen LogP contribution in [0.4, 0.5) is 0 Å². The summed E-state index contributed by atoms with van der Waals surface area (Å²) in [6.07, 6.45) is 0.938. The number of carbonyl (C=O) groups excluding carboxylic acids is 1. The molecule has 1 aromatic rings. The van der Waals surface area contributed by atoms with Crippen LogP contribution < -0.4 is 10.6 Å². The van der Waals surface area contributed by atoms with Crippen molar-refractivity contribution in [2.24, 2.45) is 0 Å². The van der Waals surface area contributed by atoms with Crippen LogP contribution in [0.1, 0.15) is 16.8 Å². The van der Waals surface area contributed by atoms with E-state index in [1.807, 2.05) is 0 Å². The third-order valence-corrected chi connectivity index (χ3v) is 3.22. The molecule has 86 valence electrons. The van der Waals surface area contributed by atoms with Crippen LogP contribution >= 0.6 is 23.2 Å². The molecule has 1 saturated heterocycles. The van der Waals surface area contributed by atoms with Gasteiger partial charge in [-0.2, -0.15) is 0 Å². The first-order valence-corrected chi connectivity index (χ1v) is 5.89. The van der Waals surface area contributed by atoms with E-state index in [9.17, 15) is 4.79 Å². The fourth-order valence-electron chi connectivity index (χ4n) is 1.75. The summed E-state index contributed by atoms with van der Waals surface area (Å²) >= 11 is 11.9. The minimum atomic E-state index is -0.204. The maximum Gasteiger partial charge on any atom is 0.254 e. The average molecular weight is 259 g/mol. The quantitative estimate of drug-likeness (QED) is 0.853. The topological polar surface area (TPSA) is 41.1 Å². The van der Waals surface area contributed by atoms with Gasteiger partial charge in [-0.1, -0.05) is 29.3 Å². The molecule has 1 aliphatic rings. The molecule has 3 nitrogen and oxygen atoms in total. The van der Waals surface area contributed by atoms with Gasteiger partial charge in [0.05, 0.1) is 15.6 Å². The number of rotatable bonds is 2. The van der Waals surface area contributed by atoms with Crippen LogP contribution in [-0.4, -0.2) is 25.0 Å². The van der Waals surface area contributed by atoms with Crippen LogP contribution in [0.2, 0.25) is 10.0 Å². The summed E-state index contributed by atoms with van der Waals surface area (Å²) in [5, 5.41) is 6.85. The predicted octanol–water partition coefficient (Wildman–Crippen LogP) is 2.09. The molecule has 16 heavy (non-hydrogen) atoms. The number of benzene rings is 1. The summed E-state index contributed by atoms with van der Waals surface area (Å²) in [6.45, 7) is 1.73. The number of amides is 1. The lowest BCUT2D eigenvalue weighted by molar-refractivity contribution is 0.0940. The van der Waals surface area contributed by atoms with Crippen LogP contribution in [0.25, 0.3) is 0 Å². The first-order valence-electron chi connectivity index (χ1n) is 5.14. The zero-order valence-electron chi connectivity index (χ0n) is 8.59. The van der Waals surface area contributed by atoms with Crippen LogP contribution in [-0.2, 0) is 0 Å². The molecule has 1 fully saturated rings. The lowest BCUT2D eigenvalue weighted by atomic mass is 10.2. The Balaban J connectivity index is 2.13. The number of carbonyl (C=O) groups is 1. The third-order valence-electron chi connectivity index (χ3n) is 2.59. The second-order valence-electron chi connectivity index (χ2n) is 3.76. The lowest BCUT2D eigenvalue weighted by Crippen LogP contribution is -2.36. The third kappa shape index (κ3) is 2.48. The minimum Gasteiger partial charge on any atom is -0.348 e. The first-order chi connectivity index (χ1) is 7.68. The van der Waals surface area contributed by atoms with Crippen molar-refractivity contribution in [2.45, 2.75) is 12.5 Å². The lowest BCUT2D eigenvalue weighted by Gasteiger charge is -2.12. The van der Waals surface area contributed by atoms with Gasteiger partial charge in [0.1, 0.15) is 0 Å². The van der Waals surface area contributed by atoms with Gasteiger partial charge < -0.3 is 10.6 Å². The van der Waals surface area contributed by atoms with Crippen molar-refractivity contribution in [2.75, 3.05) is 13.1 Å². The molecular weight excluding hydrogens is 247 g/mol.